The van der Waals surface area contributed by atoms with Crippen LogP contribution in [0.25, 0.3) is 0 Å². The van der Waals surface area contributed by atoms with Crippen LogP contribution in [0, 0.1) is 5.41 Å². The Morgan fingerprint density at radius 2 is 1.73 bits per heavy atom. The van der Waals surface area contributed by atoms with E-state index >= 15 is 0 Å². The molecule has 0 radical (unpaired) electrons. The molecular formula is C24H27N3O2S. The van der Waals surface area contributed by atoms with Gasteiger partial charge in [0.25, 0.3) is 0 Å². The molecule has 1 fully saturated rings. The second-order valence-electron chi connectivity index (χ2n) is 8.05. The Morgan fingerprint density at radius 3 is 2.37 bits per heavy atom. The summed E-state index contributed by atoms with van der Waals surface area (Å²) in [5.74, 6) is -0.124. The lowest BCUT2D eigenvalue weighted by molar-refractivity contribution is -0.124. The smallest absolute Gasteiger partial charge is 0.232 e. The molecule has 1 aliphatic rings. The fraction of sp³-hybridized carbons (Fsp3) is 0.333. The van der Waals surface area contributed by atoms with Gasteiger partial charge in [0.1, 0.15) is 0 Å². The summed E-state index contributed by atoms with van der Waals surface area (Å²) < 4.78 is 5.46. The molecule has 1 saturated heterocycles. The van der Waals surface area contributed by atoms with Crippen molar-refractivity contribution in [3.63, 3.8) is 0 Å². The van der Waals surface area contributed by atoms with Gasteiger partial charge in [0.05, 0.1) is 18.6 Å². The van der Waals surface area contributed by atoms with Crippen molar-refractivity contribution in [1.29, 1.82) is 0 Å². The Labute approximate surface area is 181 Å². The molecule has 1 atom stereocenters. The SMILES string of the molecule is CC(C)(C(=O)Nc1nccs1)[C@@H](c1ccccc1)c1ccc(N2CCOCC2)cc1. The average molecular weight is 422 g/mol. The highest BCUT2D eigenvalue weighted by Crippen LogP contribution is 2.42. The number of ether oxygens (including phenoxy) is 1. The number of thiazole rings is 1. The monoisotopic (exact) mass is 421 g/mol. The van der Waals surface area contributed by atoms with Crippen LogP contribution in [-0.2, 0) is 9.53 Å². The zero-order valence-corrected chi connectivity index (χ0v) is 18.2. The van der Waals surface area contributed by atoms with Crippen LogP contribution in [0.4, 0.5) is 10.8 Å². The number of hydrogen-bond acceptors (Lipinski definition) is 5. The van der Waals surface area contributed by atoms with Crippen molar-refractivity contribution < 1.29 is 9.53 Å². The average Bonchev–Trinajstić information content (AvgIpc) is 3.29. The van der Waals surface area contributed by atoms with E-state index in [1.807, 2.05) is 37.4 Å². The molecule has 2 aromatic carbocycles. The number of nitrogens with zero attached hydrogens (tertiary/aromatic N) is 2. The molecule has 1 amide bonds. The van der Waals surface area contributed by atoms with Crippen LogP contribution >= 0.6 is 11.3 Å². The van der Waals surface area contributed by atoms with Gasteiger partial charge in [0.15, 0.2) is 5.13 Å². The molecular weight excluding hydrogens is 394 g/mol. The lowest BCUT2D eigenvalue weighted by Gasteiger charge is -2.34. The van der Waals surface area contributed by atoms with E-state index in [1.165, 1.54) is 17.0 Å². The van der Waals surface area contributed by atoms with Crippen LogP contribution in [0.5, 0.6) is 0 Å². The summed E-state index contributed by atoms with van der Waals surface area (Å²) in [6.07, 6.45) is 1.70. The minimum absolute atomic E-state index is 0.0384. The first kappa shape index (κ1) is 20.6. The minimum Gasteiger partial charge on any atom is -0.378 e. The van der Waals surface area contributed by atoms with Crippen molar-refractivity contribution in [2.75, 3.05) is 36.5 Å². The molecule has 5 nitrogen and oxygen atoms in total. The van der Waals surface area contributed by atoms with Gasteiger partial charge >= 0.3 is 0 Å². The van der Waals surface area contributed by atoms with Gasteiger partial charge in [-0.2, -0.15) is 0 Å². The van der Waals surface area contributed by atoms with Gasteiger partial charge in [-0.15, -0.1) is 11.3 Å². The molecule has 0 aliphatic carbocycles. The highest BCUT2D eigenvalue weighted by molar-refractivity contribution is 7.13. The molecule has 0 saturated carbocycles. The summed E-state index contributed by atoms with van der Waals surface area (Å²) in [7, 11) is 0. The third kappa shape index (κ3) is 4.40. The normalized spacial score (nSPS) is 15.6. The molecule has 1 aliphatic heterocycles. The Balaban J connectivity index is 1.65. The van der Waals surface area contributed by atoms with Crippen LogP contribution in [0.15, 0.2) is 66.2 Å². The fourth-order valence-electron chi connectivity index (χ4n) is 4.04. The van der Waals surface area contributed by atoms with Gasteiger partial charge in [0, 0.05) is 36.3 Å². The van der Waals surface area contributed by atoms with E-state index in [2.05, 4.69) is 51.6 Å². The largest absolute Gasteiger partial charge is 0.378 e. The van der Waals surface area contributed by atoms with E-state index in [-0.39, 0.29) is 11.8 Å². The Kier molecular flexibility index (Phi) is 6.16. The van der Waals surface area contributed by atoms with Crippen molar-refractivity contribution in [3.05, 3.63) is 77.3 Å². The van der Waals surface area contributed by atoms with Crippen LogP contribution in [-0.4, -0.2) is 37.2 Å². The van der Waals surface area contributed by atoms with E-state index in [1.54, 1.807) is 6.20 Å². The van der Waals surface area contributed by atoms with Gasteiger partial charge in [-0.1, -0.05) is 56.3 Å². The summed E-state index contributed by atoms with van der Waals surface area (Å²) in [5.41, 5.74) is 2.76. The van der Waals surface area contributed by atoms with E-state index in [4.69, 9.17) is 4.74 Å². The topological polar surface area (TPSA) is 54.5 Å². The van der Waals surface area contributed by atoms with Crippen LogP contribution in [0.1, 0.15) is 30.9 Å². The molecule has 3 aromatic rings. The number of rotatable bonds is 6. The first-order chi connectivity index (χ1) is 14.6. The van der Waals surface area contributed by atoms with Gasteiger partial charge in [-0.3, -0.25) is 4.79 Å². The zero-order valence-electron chi connectivity index (χ0n) is 17.4. The van der Waals surface area contributed by atoms with Gasteiger partial charge in [-0.05, 0) is 23.3 Å². The summed E-state index contributed by atoms with van der Waals surface area (Å²) in [6.45, 7) is 7.34. The van der Waals surface area contributed by atoms with E-state index < -0.39 is 5.41 Å². The van der Waals surface area contributed by atoms with Gasteiger partial charge < -0.3 is 15.0 Å². The number of hydrogen-bond donors (Lipinski definition) is 1. The maximum atomic E-state index is 13.3. The number of carbonyl (C=O) groups is 1. The fourth-order valence-corrected chi connectivity index (χ4v) is 4.57. The van der Waals surface area contributed by atoms with Crippen LogP contribution in [0.3, 0.4) is 0 Å². The predicted octanol–water partition coefficient (Wildman–Crippen LogP) is 4.78. The lowest BCUT2D eigenvalue weighted by atomic mass is 9.70. The summed E-state index contributed by atoms with van der Waals surface area (Å²) in [6, 6.07) is 18.9. The first-order valence-corrected chi connectivity index (χ1v) is 11.1. The number of amides is 1. The molecule has 156 valence electrons. The third-order valence-electron chi connectivity index (χ3n) is 5.70. The van der Waals surface area contributed by atoms with Crippen LogP contribution in [0.2, 0.25) is 0 Å². The molecule has 30 heavy (non-hydrogen) atoms. The quantitative estimate of drug-likeness (QED) is 0.623. The Hall–Kier alpha value is -2.70. The predicted molar refractivity (Wildman–Crippen MR) is 122 cm³/mol. The highest BCUT2D eigenvalue weighted by Gasteiger charge is 2.39. The highest BCUT2D eigenvalue weighted by atomic mass is 32.1. The van der Waals surface area contributed by atoms with Crippen molar-refractivity contribution in [2.24, 2.45) is 5.41 Å². The standard InChI is InChI=1S/C24H27N3O2S/c1-24(2,22(28)26-23-25-12-17-30-23)21(18-6-4-3-5-7-18)19-8-10-20(11-9-19)27-13-15-29-16-14-27/h3-12,17,21H,13-16H2,1-2H3,(H,25,26,28)/t21-/m0/s1. The number of carbonyl (C=O) groups excluding carboxylic acids is 1. The Bertz CT molecular complexity index is 950. The second kappa shape index (κ2) is 8.98. The van der Waals surface area contributed by atoms with Crippen molar-refractivity contribution in [3.8, 4) is 0 Å². The summed E-state index contributed by atoms with van der Waals surface area (Å²) >= 11 is 1.43. The number of benzene rings is 2. The third-order valence-corrected chi connectivity index (χ3v) is 6.38. The summed E-state index contributed by atoms with van der Waals surface area (Å²) in [5, 5.41) is 5.48. The molecule has 0 bridgehead atoms. The maximum Gasteiger partial charge on any atom is 0.232 e. The second-order valence-corrected chi connectivity index (χ2v) is 8.94. The molecule has 1 aromatic heterocycles. The number of morpholine rings is 1. The number of nitrogens with one attached hydrogen (secondary N) is 1. The van der Waals surface area contributed by atoms with Crippen molar-refractivity contribution >= 4 is 28.1 Å². The molecule has 0 spiro atoms. The maximum absolute atomic E-state index is 13.3. The van der Waals surface area contributed by atoms with E-state index in [9.17, 15) is 4.79 Å². The molecule has 2 heterocycles. The Morgan fingerprint density at radius 1 is 1.07 bits per heavy atom. The zero-order chi connectivity index (χ0) is 21.0. The van der Waals surface area contributed by atoms with Gasteiger partial charge in [0.2, 0.25) is 5.91 Å². The van der Waals surface area contributed by atoms with E-state index in [0.717, 1.165) is 37.4 Å². The van der Waals surface area contributed by atoms with Crippen molar-refractivity contribution in [1.82, 2.24) is 4.98 Å². The minimum atomic E-state index is -0.673. The number of aromatic nitrogens is 1. The van der Waals surface area contributed by atoms with Crippen molar-refractivity contribution in [2.45, 2.75) is 19.8 Å². The van der Waals surface area contributed by atoms with E-state index in [0.29, 0.717) is 5.13 Å². The summed E-state index contributed by atoms with van der Waals surface area (Å²) in [4.78, 5) is 19.8. The molecule has 4 rings (SSSR count). The molecule has 0 unspecified atom stereocenters. The van der Waals surface area contributed by atoms with Crippen LogP contribution < -0.4 is 10.2 Å². The number of anilines is 2. The molecule has 1 N–H and O–H groups in total. The lowest BCUT2D eigenvalue weighted by Crippen LogP contribution is -2.37. The van der Waals surface area contributed by atoms with Gasteiger partial charge in [-0.25, -0.2) is 4.98 Å². The molecule has 6 heteroatoms. The first-order valence-electron chi connectivity index (χ1n) is 10.2.